The quantitative estimate of drug-likeness (QED) is 0.912. The van der Waals surface area contributed by atoms with E-state index in [0.717, 1.165) is 22.7 Å². The Morgan fingerprint density at radius 3 is 2.56 bits per heavy atom. The third-order valence-corrected chi connectivity index (χ3v) is 3.41. The van der Waals surface area contributed by atoms with Crippen molar-refractivity contribution in [2.24, 2.45) is 5.73 Å². The van der Waals surface area contributed by atoms with E-state index in [1.807, 2.05) is 36.5 Å². The normalized spacial score (nSPS) is 21.2. The molecule has 1 heterocycles. The molecular weight excluding hydrogens is 267 g/mol. The number of nitrogens with two attached hydrogens (primary N) is 1. The molecule has 2 nitrogen and oxygen atoms in total. The average molecular weight is 281 g/mol. The van der Waals surface area contributed by atoms with E-state index in [1.165, 1.54) is 5.56 Å². The van der Waals surface area contributed by atoms with Gasteiger partial charge in [0.2, 0.25) is 0 Å². The summed E-state index contributed by atoms with van der Waals surface area (Å²) in [7, 11) is 0. The number of hydrogen-bond donors (Lipinski definition) is 1. The van der Waals surface area contributed by atoms with Gasteiger partial charge < -0.3 is 5.73 Å². The average Bonchev–Trinajstić information content (AvgIpc) is 3.07. The lowest BCUT2D eigenvalue weighted by Gasteiger charge is -2.03. The summed E-state index contributed by atoms with van der Waals surface area (Å²) in [6.45, 7) is 0. The van der Waals surface area contributed by atoms with E-state index in [2.05, 4.69) is 11.1 Å². The van der Waals surface area contributed by atoms with Crippen LogP contribution in [0, 0.1) is 0 Å². The van der Waals surface area contributed by atoms with Crippen LogP contribution in [0.1, 0.15) is 17.9 Å². The standard InChI is InChI=1S/C14H13ClN2.ClH/c15-11-3-1-2-9(6-11)14-5-4-10(8-17-14)12-7-13(12)16;/h1-6,8,12-13H,7,16H2;1H/t12-,13+;/m0./s1. The molecule has 2 N–H and O–H groups in total. The third-order valence-electron chi connectivity index (χ3n) is 3.17. The lowest BCUT2D eigenvalue weighted by Crippen LogP contribution is -2.01. The summed E-state index contributed by atoms with van der Waals surface area (Å²) in [4.78, 5) is 4.47. The molecule has 1 aliphatic rings. The minimum Gasteiger partial charge on any atom is -0.327 e. The summed E-state index contributed by atoms with van der Waals surface area (Å²) < 4.78 is 0. The highest BCUT2D eigenvalue weighted by Crippen LogP contribution is 2.38. The molecule has 2 atom stereocenters. The summed E-state index contributed by atoms with van der Waals surface area (Å²) in [5.74, 6) is 0.510. The van der Waals surface area contributed by atoms with Crippen LogP contribution in [0.25, 0.3) is 11.3 Å². The van der Waals surface area contributed by atoms with E-state index in [9.17, 15) is 0 Å². The van der Waals surface area contributed by atoms with Crippen molar-refractivity contribution < 1.29 is 0 Å². The Morgan fingerprint density at radius 2 is 2.00 bits per heavy atom. The zero-order chi connectivity index (χ0) is 11.8. The van der Waals surface area contributed by atoms with Gasteiger partial charge in [0.05, 0.1) is 5.69 Å². The van der Waals surface area contributed by atoms with Gasteiger partial charge in [0, 0.05) is 28.7 Å². The Kier molecular flexibility index (Phi) is 3.91. The lowest BCUT2D eigenvalue weighted by atomic mass is 10.1. The van der Waals surface area contributed by atoms with Gasteiger partial charge >= 0.3 is 0 Å². The maximum atomic E-state index is 5.96. The van der Waals surface area contributed by atoms with E-state index in [4.69, 9.17) is 17.3 Å². The van der Waals surface area contributed by atoms with Gasteiger partial charge in [-0.1, -0.05) is 29.8 Å². The fraction of sp³-hybridized carbons (Fsp3) is 0.214. The Bertz CT molecular complexity index is 540. The highest BCUT2D eigenvalue weighted by molar-refractivity contribution is 6.30. The van der Waals surface area contributed by atoms with Crippen LogP contribution < -0.4 is 5.73 Å². The first-order valence-corrected chi connectivity index (χ1v) is 6.09. The second-order valence-electron chi connectivity index (χ2n) is 4.49. The van der Waals surface area contributed by atoms with Gasteiger partial charge in [0.1, 0.15) is 0 Å². The van der Waals surface area contributed by atoms with E-state index in [-0.39, 0.29) is 12.4 Å². The minimum atomic E-state index is 0. The number of aromatic nitrogens is 1. The fourth-order valence-electron chi connectivity index (χ4n) is 2.04. The zero-order valence-electron chi connectivity index (χ0n) is 9.71. The Labute approximate surface area is 118 Å². The van der Waals surface area contributed by atoms with Crippen molar-refractivity contribution in [3.05, 3.63) is 53.2 Å². The van der Waals surface area contributed by atoms with Crippen LogP contribution in [0.2, 0.25) is 5.02 Å². The van der Waals surface area contributed by atoms with Gasteiger partial charge in [-0.15, -0.1) is 12.4 Å². The van der Waals surface area contributed by atoms with Crippen LogP contribution >= 0.6 is 24.0 Å². The van der Waals surface area contributed by atoms with Crippen molar-refractivity contribution in [3.63, 3.8) is 0 Å². The first-order valence-electron chi connectivity index (χ1n) is 5.71. The molecule has 3 rings (SSSR count). The van der Waals surface area contributed by atoms with Crippen LogP contribution in [0.3, 0.4) is 0 Å². The molecule has 4 heteroatoms. The van der Waals surface area contributed by atoms with Crippen LogP contribution in [-0.2, 0) is 0 Å². The van der Waals surface area contributed by atoms with Crippen molar-refractivity contribution in [3.8, 4) is 11.3 Å². The molecule has 1 aliphatic carbocycles. The van der Waals surface area contributed by atoms with Crippen molar-refractivity contribution >= 4 is 24.0 Å². The second-order valence-corrected chi connectivity index (χ2v) is 4.93. The largest absolute Gasteiger partial charge is 0.327 e. The molecule has 0 aliphatic heterocycles. The van der Waals surface area contributed by atoms with Crippen LogP contribution in [-0.4, -0.2) is 11.0 Å². The second kappa shape index (κ2) is 5.27. The number of nitrogens with zero attached hydrogens (tertiary/aromatic N) is 1. The molecule has 0 saturated heterocycles. The zero-order valence-corrected chi connectivity index (χ0v) is 11.3. The Balaban J connectivity index is 0.00000120. The van der Waals surface area contributed by atoms with Gasteiger partial charge in [-0.3, -0.25) is 4.98 Å². The lowest BCUT2D eigenvalue weighted by molar-refractivity contribution is 0.981. The highest BCUT2D eigenvalue weighted by Gasteiger charge is 2.34. The van der Waals surface area contributed by atoms with E-state index in [1.54, 1.807) is 0 Å². The summed E-state index contributed by atoms with van der Waals surface area (Å²) in [5.41, 5.74) is 9.06. The number of halogens is 2. The summed E-state index contributed by atoms with van der Waals surface area (Å²) in [6.07, 6.45) is 3.01. The maximum Gasteiger partial charge on any atom is 0.0702 e. The molecule has 2 aromatic rings. The molecule has 0 radical (unpaired) electrons. The summed E-state index contributed by atoms with van der Waals surface area (Å²) >= 11 is 5.96. The van der Waals surface area contributed by atoms with Gasteiger partial charge in [0.25, 0.3) is 0 Å². The number of benzene rings is 1. The topological polar surface area (TPSA) is 38.9 Å². The molecule has 0 spiro atoms. The number of rotatable bonds is 2. The van der Waals surface area contributed by atoms with Crippen molar-refractivity contribution in [1.82, 2.24) is 4.98 Å². The highest BCUT2D eigenvalue weighted by atomic mass is 35.5. The molecule has 1 aromatic carbocycles. The molecule has 1 saturated carbocycles. The predicted molar refractivity (Wildman–Crippen MR) is 77.3 cm³/mol. The molecule has 0 unspecified atom stereocenters. The minimum absolute atomic E-state index is 0. The molecule has 0 amide bonds. The molecular formula is C14H14Cl2N2. The van der Waals surface area contributed by atoms with Crippen molar-refractivity contribution in [2.45, 2.75) is 18.4 Å². The SMILES string of the molecule is Cl.N[C@@H]1C[C@H]1c1ccc(-c2cccc(Cl)c2)nc1. The molecule has 18 heavy (non-hydrogen) atoms. The molecule has 1 fully saturated rings. The smallest absolute Gasteiger partial charge is 0.0702 e. The van der Waals surface area contributed by atoms with E-state index < -0.39 is 0 Å². The summed E-state index contributed by atoms with van der Waals surface area (Å²) in [6, 6.07) is 12.2. The Hall–Kier alpha value is -1.09. The van der Waals surface area contributed by atoms with Crippen LogP contribution in [0.15, 0.2) is 42.6 Å². The fourth-order valence-corrected chi connectivity index (χ4v) is 2.23. The van der Waals surface area contributed by atoms with E-state index in [0.29, 0.717) is 12.0 Å². The van der Waals surface area contributed by atoms with Gasteiger partial charge in [-0.2, -0.15) is 0 Å². The van der Waals surface area contributed by atoms with Crippen LogP contribution in [0.5, 0.6) is 0 Å². The number of hydrogen-bond acceptors (Lipinski definition) is 2. The molecule has 94 valence electrons. The third kappa shape index (κ3) is 2.66. The first-order chi connectivity index (χ1) is 8.24. The van der Waals surface area contributed by atoms with Crippen molar-refractivity contribution in [1.29, 1.82) is 0 Å². The first kappa shape index (κ1) is 13.3. The van der Waals surface area contributed by atoms with Gasteiger partial charge in [-0.25, -0.2) is 0 Å². The van der Waals surface area contributed by atoms with Gasteiger partial charge in [-0.05, 0) is 30.2 Å². The summed E-state index contributed by atoms with van der Waals surface area (Å²) in [5, 5.41) is 0.734. The van der Waals surface area contributed by atoms with Gasteiger partial charge in [0.15, 0.2) is 0 Å². The predicted octanol–water partition coefficient (Wildman–Crippen LogP) is 3.64. The van der Waals surface area contributed by atoms with E-state index >= 15 is 0 Å². The molecule has 1 aromatic heterocycles. The van der Waals surface area contributed by atoms with Crippen molar-refractivity contribution in [2.75, 3.05) is 0 Å². The number of pyridine rings is 1. The molecule has 0 bridgehead atoms. The van der Waals surface area contributed by atoms with Crippen LogP contribution in [0.4, 0.5) is 0 Å². The monoisotopic (exact) mass is 280 g/mol. The maximum absolute atomic E-state index is 5.96. The Morgan fingerprint density at radius 1 is 1.22 bits per heavy atom.